The zero-order chi connectivity index (χ0) is 11.4. The Morgan fingerprint density at radius 1 is 1.25 bits per heavy atom. The number of fused-ring (bicyclic) bond motifs is 2. The number of rotatable bonds is 5. The van der Waals surface area contributed by atoms with Crippen molar-refractivity contribution in [3.8, 4) is 0 Å². The van der Waals surface area contributed by atoms with E-state index in [1.54, 1.807) is 0 Å². The van der Waals surface area contributed by atoms with Gasteiger partial charge in [0, 0.05) is 24.7 Å². The third-order valence-corrected chi connectivity index (χ3v) is 4.05. The Labute approximate surface area is 100 Å². The first kappa shape index (κ1) is 12.1. The zero-order valence-electron chi connectivity index (χ0n) is 10.8. The lowest BCUT2D eigenvalue weighted by atomic mass is 9.98. The molecule has 2 nitrogen and oxygen atoms in total. The third kappa shape index (κ3) is 2.86. The van der Waals surface area contributed by atoms with Crippen LogP contribution in [0.2, 0.25) is 0 Å². The van der Waals surface area contributed by atoms with Crippen molar-refractivity contribution >= 4 is 0 Å². The Kier molecular flexibility index (Phi) is 4.42. The Hall–Kier alpha value is -0.340. The van der Waals surface area contributed by atoms with Gasteiger partial charge < -0.3 is 5.32 Å². The summed E-state index contributed by atoms with van der Waals surface area (Å²) in [6.07, 6.45) is 11.3. The van der Waals surface area contributed by atoms with Crippen LogP contribution in [0.4, 0.5) is 0 Å². The number of nitrogens with one attached hydrogen (secondary N) is 1. The van der Waals surface area contributed by atoms with Crippen LogP contribution in [-0.4, -0.2) is 36.1 Å². The Morgan fingerprint density at radius 3 is 2.50 bits per heavy atom. The molecule has 2 heterocycles. The summed E-state index contributed by atoms with van der Waals surface area (Å²) < 4.78 is 0. The molecule has 16 heavy (non-hydrogen) atoms. The van der Waals surface area contributed by atoms with E-state index in [2.05, 4.69) is 36.2 Å². The summed E-state index contributed by atoms with van der Waals surface area (Å²) in [5, 5.41) is 3.73. The van der Waals surface area contributed by atoms with Gasteiger partial charge in [-0.1, -0.05) is 19.1 Å². The first-order valence-corrected chi connectivity index (χ1v) is 6.94. The summed E-state index contributed by atoms with van der Waals surface area (Å²) in [6.45, 7) is 6.82. The highest BCUT2D eigenvalue weighted by Crippen LogP contribution is 2.29. The smallest absolute Gasteiger partial charge is 0.0166 e. The second-order valence-corrected chi connectivity index (χ2v) is 5.33. The predicted octanol–water partition coefficient (Wildman–Crippen LogP) is 2.56. The lowest BCUT2D eigenvalue weighted by molar-refractivity contribution is 0.155. The molecule has 2 fully saturated rings. The summed E-state index contributed by atoms with van der Waals surface area (Å²) in [6, 6.07) is 2.46. The highest BCUT2D eigenvalue weighted by Gasteiger charge is 2.35. The maximum Gasteiger partial charge on any atom is 0.0166 e. The van der Waals surface area contributed by atoms with Crippen LogP contribution in [-0.2, 0) is 0 Å². The molecule has 2 bridgehead atoms. The predicted molar refractivity (Wildman–Crippen MR) is 69.6 cm³/mol. The van der Waals surface area contributed by atoms with Gasteiger partial charge in [0.25, 0.3) is 0 Å². The average molecular weight is 222 g/mol. The van der Waals surface area contributed by atoms with Crippen molar-refractivity contribution in [1.82, 2.24) is 10.2 Å². The SMILES string of the molecule is C/C=C/CN(CCC)C1CC2CCC(C1)N2. The molecule has 2 unspecified atom stereocenters. The number of hydrogen-bond donors (Lipinski definition) is 1. The van der Waals surface area contributed by atoms with Crippen molar-refractivity contribution in [3.05, 3.63) is 12.2 Å². The van der Waals surface area contributed by atoms with E-state index in [4.69, 9.17) is 0 Å². The summed E-state index contributed by atoms with van der Waals surface area (Å²) in [5.41, 5.74) is 0. The monoisotopic (exact) mass is 222 g/mol. The van der Waals surface area contributed by atoms with Gasteiger partial charge in [0.1, 0.15) is 0 Å². The number of hydrogen-bond acceptors (Lipinski definition) is 2. The molecule has 2 aliphatic rings. The fourth-order valence-electron chi connectivity index (χ4n) is 3.28. The minimum atomic E-state index is 0.814. The van der Waals surface area contributed by atoms with Gasteiger partial charge in [-0.25, -0.2) is 0 Å². The standard InChI is InChI=1S/C14H26N2/c1-3-5-9-16(8-4-2)14-10-12-6-7-13(11-14)15-12/h3,5,12-15H,4,6-11H2,1-2H3/b5-3+. The number of nitrogens with zero attached hydrogens (tertiary/aromatic N) is 1. The molecule has 2 atom stereocenters. The molecule has 0 spiro atoms. The third-order valence-electron chi connectivity index (χ3n) is 4.05. The summed E-state index contributed by atoms with van der Waals surface area (Å²) in [4.78, 5) is 2.69. The van der Waals surface area contributed by atoms with E-state index in [0.717, 1.165) is 24.7 Å². The van der Waals surface area contributed by atoms with Gasteiger partial charge in [0.15, 0.2) is 0 Å². The topological polar surface area (TPSA) is 15.3 Å². The molecular weight excluding hydrogens is 196 g/mol. The molecule has 92 valence electrons. The summed E-state index contributed by atoms with van der Waals surface area (Å²) in [5.74, 6) is 0. The maximum atomic E-state index is 3.73. The van der Waals surface area contributed by atoms with Crippen LogP contribution >= 0.6 is 0 Å². The Balaban J connectivity index is 1.91. The molecule has 0 aromatic rings. The van der Waals surface area contributed by atoms with E-state index in [1.807, 2.05) is 0 Å². The van der Waals surface area contributed by atoms with Crippen molar-refractivity contribution in [1.29, 1.82) is 0 Å². The average Bonchev–Trinajstić information content (AvgIpc) is 2.63. The molecule has 1 N–H and O–H groups in total. The van der Waals surface area contributed by atoms with Crippen molar-refractivity contribution in [2.75, 3.05) is 13.1 Å². The van der Waals surface area contributed by atoms with Crippen LogP contribution in [0.5, 0.6) is 0 Å². The molecule has 0 aromatic carbocycles. The first-order valence-electron chi connectivity index (χ1n) is 6.94. The largest absolute Gasteiger partial charge is 0.311 e. The van der Waals surface area contributed by atoms with E-state index >= 15 is 0 Å². The fraction of sp³-hybridized carbons (Fsp3) is 0.857. The molecule has 0 aromatic heterocycles. The van der Waals surface area contributed by atoms with Crippen LogP contribution < -0.4 is 5.32 Å². The number of piperidine rings is 1. The van der Waals surface area contributed by atoms with Crippen LogP contribution in [0.1, 0.15) is 46.0 Å². The quantitative estimate of drug-likeness (QED) is 0.719. The van der Waals surface area contributed by atoms with E-state index < -0.39 is 0 Å². The van der Waals surface area contributed by atoms with Crippen LogP contribution in [0.15, 0.2) is 12.2 Å². The van der Waals surface area contributed by atoms with Crippen molar-refractivity contribution < 1.29 is 0 Å². The lowest BCUT2D eigenvalue weighted by Crippen LogP contribution is -2.48. The molecule has 0 radical (unpaired) electrons. The molecule has 0 aliphatic carbocycles. The molecule has 2 heteroatoms. The van der Waals surface area contributed by atoms with Crippen LogP contribution in [0, 0.1) is 0 Å². The van der Waals surface area contributed by atoms with E-state index in [-0.39, 0.29) is 0 Å². The zero-order valence-corrected chi connectivity index (χ0v) is 10.8. The van der Waals surface area contributed by atoms with Crippen molar-refractivity contribution in [3.63, 3.8) is 0 Å². The maximum absolute atomic E-state index is 3.73. The normalized spacial score (nSPS) is 34.1. The lowest BCUT2D eigenvalue weighted by Gasteiger charge is -2.37. The Morgan fingerprint density at radius 2 is 1.94 bits per heavy atom. The van der Waals surface area contributed by atoms with Gasteiger partial charge in [-0.2, -0.15) is 0 Å². The molecule has 0 amide bonds. The molecule has 2 rings (SSSR count). The van der Waals surface area contributed by atoms with Gasteiger partial charge in [-0.05, 0) is 45.6 Å². The summed E-state index contributed by atoms with van der Waals surface area (Å²) >= 11 is 0. The molecule has 2 saturated heterocycles. The minimum Gasteiger partial charge on any atom is -0.311 e. The highest BCUT2D eigenvalue weighted by molar-refractivity contribution is 4.97. The van der Waals surface area contributed by atoms with E-state index in [1.165, 1.54) is 38.6 Å². The second kappa shape index (κ2) is 5.83. The van der Waals surface area contributed by atoms with Gasteiger partial charge >= 0.3 is 0 Å². The van der Waals surface area contributed by atoms with Crippen molar-refractivity contribution in [2.24, 2.45) is 0 Å². The molecule has 2 aliphatic heterocycles. The van der Waals surface area contributed by atoms with Gasteiger partial charge in [-0.15, -0.1) is 0 Å². The second-order valence-electron chi connectivity index (χ2n) is 5.33. The van der Waals surface area contributed by atoms with Gasteiger partial charge in [-0.3, -0.25) is 4.90 Å². The van der Waals surface area contributed by atoms with Crippen LogP contribution in [0.25, 0.3) is 0 Å². The van der Waals surface area contributed by atoms with Gasteiger partial charge in [0.05, 0.1) is 0 Å². The van der Waals surface area contributed by atoms with E-state index in [0.29, 0.717) is 0 Å². The first-order chi connectivity index (χ1) is 7.83. The van der Waals surface area contributed by atoms with Crippen LogP contribution in [0.3, 0.4) is 0 Å². The molecule has 0 saturated carbocycles. The van der Waals surface area contributed by atoms with E-state index in [9.17, 15) is 0 Å². The Bertz CT molecular complexity index is 225. The summed E-state index contributed by atoms with van der Waals surface area (Å²) in [7, 11) is 0. The number of allylic oxidation sites excluding steroid dienone is 1. The van der Waals surface area contributed by atoms with Gasteiger partial charge in [0.2, 0.25) is 0 Å². The van der Waals surface area contributed by atoms with Crippen molar-refractivity contribution in [2.45, 2.75) is 64.1 Å². The molecular formula is C14H26N2. The fourth-order valence-corrected chi connectivity index (χ4v) is 3.28. The highest BCUT2D eigenvalue weighted by atomic mass is 15.2. The minimum absolute atomic E-state index is 0.814.